The van der Waals surface area contributed by atoms with Crippen LogP contribution < -0.4 is 9.64 Å². The molecule has 1 aromatic heterocycles. The molecule has 6 nitrogen and oxygen atoms in total. The quantitative estimate of drug-likeness (QED) is 0.341. The Hall–Kier alpha value is -3.19. The third kappa shape index (κ3) is 5.67. The van der Waals surface area contributed by atoms with E-state index in [1.165, 1.54) is 23.2 Å². The Labute approximate surface area is 180 Å². The van der Waals surface area contributed by atoms with Gasteiger partial charge in [-0.15, -0.1) is 11.3 Å². The maximum atomic E-state index is 12.3. The fourth-order valence-corrected chi connectivity index (χ4v) is 3.59. The molecule has 0 bridgehead atoms. The summed E-state index contributed by atoms with van der Waals surface area (Å²) in [7, 11) is 0. The van der Waals surface area contributed by atoms with Crippen molar-refractivity contribution in [3.05, 3.63) is 71.2 Å². The zero-order valence-corrected chi connectivity index (χ0v) is 17.9. The summed E-state index contributed by atoms with van der Waals surface area (Å²) in [6.45, 7) is 4.29. The maximum absolute atomic E-state index is 12.3. The van der Waals surface area contributed by atoms with Crippen LogP contribution in [0, 0.1) is 0 Å². The van der Waals surface area contributed by atoms with Crippen molar-refractivity contribution in [2.45, 2.75) is 33.3 Å². The first kappa shape index (κ1) is 21.5. The molecule has 0 aliphatic heterocycles. The number of hydrogen-bond acceptors (Lipinski definition) is 6. The second-order valence-corrected chi connectivity index (χ2v) is 7.45. The van der Waals surface area contributed by atoms with Crippen molar-refractivity contribution in [1.29, 1.82) is 0 Å². The van der Waals surface area contributed by atoms with Gasteiger partial charge in [-0.3, -0.25) is 9.69 Å². The van der Waals surface area contributed by atoms with E-state index in [9.17, 15) is 9.59 Å². The Bertz CT molecular complexity index is 970. The molecule has 0 aliphatic rings. The van der Waals surface area contributed by atoms with Gasteiger partial charge in [-0.05, 0) is 42.8 Å². The molecule has 0 N–H and O–H groups in total. The minimum atomic E-state index is -0.434. The van der Waals surface area contributed by atoms with Crippen molar-refractivity contribution in [3.8, 4) is 5.75 Å². The Morgan fingerprint density at radius 1 is 1.07 bits per heavy atom. The first-order chi connectivity index (χ1) is 14.6. The molecule has 0 unspecified atom stereocenters. The highest BCUT2D eigenvalue weighted by molar-refractivity contribution is 7.14. The van der Waals surface area contributed by atoms with E-state index >= 15 is 0 Å². The molecule has 0 atom stereocenters. The molecule has 3 aromatic rings. The van der Waals surface area contributed by atoms with E-state index in [1.807, 2.05) is 30.3 Å². The summed E-state index contributed by atoms with van der Waals surface area (Å²) < 4.78 is 11.0. The van der Waals surface area contributed by atoms with E-state index in [2.05, 4.69) is 11.9 Å². The van der Waals surface area contributed by atoms with Gasteiger partial charge in [0.2, 0.25) is 5.91 Å². The smallest absolute Gasteiger partial charge is 0.338 e. The molecule has 3 rings (SSSR count). The average Bonchev–Trinajstić information content (AvgIpc) is 3.21. The summed E-state index contributed by atoms with van der Waals surface area (Å²) >= 11 is 1.33. The molecule has 156 valence electrons. The van der Waals surface area contributed by atoms with Crippen LogP contribution in [0.15, 0.2) is 60.0 Å². The minimum absolute atomic E-state index is 0.0324. The van der Waals surface area contributed by atoms with Crippen LogP contribution in [0.25, 0.3) is 0 Å². The van der Waals surface area contributed by atoms with Crippen molar-refractivity contribution in [2.24, 2.45) is 0 Å². The molecule has 0 fully saturated rings. The van der Waals surface area contributed by atoms with Gasteiger partial charge < -0.3 is 9.47 Å². The zero-order chi connectivity index (χ0) is 21.3. The van der Waals surface area contributed by atoms with E-state index in [1.54, 1.807) is 29.6 Å². The minimum Gasteiger partial charge on any atom is -0.494 e. The van der Waals surface area contributed by atoms with Crippen LogP contribution in [0.4, 0.5) is 10.8 Å². The average molecular weight is 425 g/mol. The van der Waals surface area contributed by atoms with Crippen LogP contribution in [-0.2, 0) is 16.1 Å². The van der Waals surface area contributed by atoms with Crippen LogP contribution in [0.1, 0.15) is 42.7 Å². The lowest BCUT2D eigenvalue weighted by Crippen LogP contribution is -2.22. The molecule has 30 heavy (non-hydrogen) atoms. The highest BCUT2D eigenvalue weighted by atomic mass is 32.1. The molecule has 1 heterocycles. The summed E-state index contributed by atoms with van der Waals surface area (Å²) in [5, 5.41) is 2.32. The number of amides is 1. The Kier molecular flexibility index (Phi) is 7.57. The van der Waals surface area contributed by atoms with Crippen LogP contribution in [0.2, 0.25) is 0 Å². The first-order valence-electron chi connectivity index (χ1n) is 9.78. The second kappa shape index (κ2) is 10.5. The third-order valence-electron chi connectivity index (χ3n) is 4.27. The zero-order valence-electron chi connectivity index (χ0n) is 17.0. The van der Waals surface area contributed by atoms with Crippen LogP contribution in [0.5, 0.6) is 5.75 Å². The summed E-state index contributed by atoms with van der Waals surface area (Å²) in [5.74, 6) is 0.158. The standard InChI is InChI=1S/C23H24N2O4S/c1-3-4-14-28-21-12-10-18(11-13-21)22(27)29-15-19-16-30-23(24-19)25(17(2)26)20-8-6-5-7-9-20/h5-13,16H,3-4,14-15H2,1-2H3. The topological polar surface area (TPSA) is 68.7 Å². The Balaban J connectivity index is 1.59. The summed E-state index contributed by atoms with van der Waals surface area (Å²) in [6.07, 6.45) is 2.06. The number of nitrogens with zero attached hydrogens (tertiary/aromatic N) is 2. The van der Waals surface area contributed by atoms with Gasteiger partial charge >= 0.3 is 5.97 Å². The van der Waals surface area contributed by atoms with Gasteiger partial charge in [0.25, 0.3) is 0 Å². The number of esters is 1. The Morgan fingerprint density at radius 3 is 2.47 bits per heavy atom. The maximum Gasteiger partial charge on any atom is 0.338 e. The van der Waals surface area contributed by atoms with Gasteiger partial charge in [-0.25, -0.2) is 9.78 Å². The Morgan fingerprint density at radius 2 is 1.80 bits per heavy atom. The number of thiazole rings is 1. The monoisotopic (exact) mass is 424 g/mol. The number of carbonyl (C=O) groups excluding carboxylic acids is 2. The molecule has 0 saturated carbocycles. The number of anilines is 2. The summed E-state index contributed by atoms with van der Waals surface area (Å²) in [6, 6.07) is 16.2. The molecule has 0 saturated heterocycles. The normalized spacial score (nSPS) is 10.5. The SMILES string of the molecule is CCCCOc1ccc(C(=O)OCc2csc(N(C(C)=O)c3ccccc3)n2)cc1. The lowest BCUT2D eigenvalue weighted by atomic mass is 10.2. The van der Waals surface area contributed by atoms with Crippen molar-refractivity contribution in [3.63, 3.8) is 0 Å². The lowest BCUT2D eigenvalue weighted by molar-refractivity contribution is -0.115. The van der Waals surface area contributed by atoms with E-state index in [0.29, 0.717) is 23.0 Å². The van der Waals surface area contributed by atoms with Crippen LogP contribution >= 0.6 is 11.3 Å². The van der Waals surface area contributed by atoms with Gasteiger partial charge in [0.1, 0.15) is 12.4 Å². The highest BCUT2D eigenvalue weighted by Crippen LogP contribution is 2.29. The number of para-hydroxylation sites is 1. The number of unbranched alkanes of at least 4 members (excludes halogenated alkanes) is 1. The molecule has 0 radical (unpaired) electrons. The fraction of sp³-hybridized carbons (Fsp3) is 0.261. The van der Waals surface area contributed by atoms with E-state index in [0.717, 1.165) is 24.3 Å². The molecular weight excluding hydrogens is 400 g/mol. The predicted octanol–water partition coefficient (Wildman–Crippen LogP) is 5.36. The molecule has 0 spiro atoms. The van der Waals surface area contributed by atoms with Gasteiger partial charge in [0.05, 0.1) is 23.6 Å². The summed E-state index contributed by atoms with van der Waals surface area (Å²) in [4.78, 5) is 30.4. The number of ether oxygens (including phenoxy) is 2. The van der Waals surface area contributed by atoms with Crippen LogP contribution in [0.3, 0.4) is 0 Å². The predicted molar refractivity (Wildman–Crippen MR) is 117 cm³/mol. The lowest BCUT2D eigenvalue weighted by Gasteiger charge is -2.17. The summed E-state index contributed by atoms with van der Waals surface area (Å²) in [5.41, 5.74) is 1.78. The molecule has 0 aliphatic carbocycles. The van der Waals surface area contributed by atoms with Gasteiger partial charge in [0.15, 0.2) is 5.13 Å². The van der Waals surface area contributed by atoms with E-state index in [4.69, 9.17) is 9.47 Å². The van der Waals surface area contributed by atoms with E-state index < -0.39 is 5.97 Å². The number of benzene rings is 2. The number of carbonyl (C=O) groups is 2. The third-order valence-corrected chi connectivity index (χ3v) is 5.14. The van der Waals surface area contributed by atoms with E-state index in [-0.39, 0.29) is 12.5 Å². The first-order valence-corrected chi connectivity index (χ1v) is 10.7. The van der Waals surface area contributed by atoms with Crippen molar-refractivity contribution < 1.29 is 19.1 Å². The van der Waals surface area contributed by atoms with Crippen LogP contribution in [-0.4, -0.2) is 23.5 Å². The molecular formula is C23H24N2O4S. The van der Waals surface area contributed by atoms with Gasteiger partial charge in [-0.2, -0.15) is 0 Å². The van der Waals surface area contributed by atoms with Gasteiger partial charge in [0, 0.05) is 12.3 Å². The molecule has 7 heteroatoms. The molecule has 2 aromatic carbocycles. The number of rotatable bonds is 9. The van der Waals surface area contributed by atoms with Gasteiger partial charge in [-0.1, -0.05) is 31.5 Å². The highest BCUT2D eigenvalue weighted by Gasteiger charge is 2.18. The van der Waals surface area contributed by atoms with Crippen molar-refractivity contribution in [1.82, 2.24) is 4.98 Å². The molecule has 1 amide bonds. The van der Waals surface area contributed by atoms with Crippen molar-refractivity contribution >= 4 is 34.0 Å². The number of hydrogen-bond donors (Lipinski definition) is 0. The second-order valence-electron chi connectivity index (χ2n) is 6.61. The van der Waals surface area contributed by atoms with Crippen molar-refractivity contribution in [2.75, 3.05) is 11.5 Å². The fourth-order valence-electron chi connectivity index (χ4n) is 2.71. The largest absolute Gasteiger partial charge is 0.494 e. The number of aromatic nitrogens is 1.